The molecule has 1 aromatic rings. The first-order valence-electron chi connectivity index (χ1n) is 7.46. The highest BCUT2D eigenvalue weighted by Gasteiger charge is 2.12. The lowest BCUT2D eigenvalue weighted by molar-refractivity contribution is 0.0952. The van der Waals surface area contributed by atoms with E-state index >= 15 is 0 Å². The third-order valence-electron chi connectivity index (χ3n) is 3.62. The lowest BCUT2D eigenvalue weighted by atomic mass is 10.0. The monoisotopic (exact) mass is 275 g/mol. The molecule has 2 rings (SSSR count). The summed E-state index contributed by atoms with van der Waals surface area (Å²) in [5.74, 6) is 0.0447. The molecule has 1 aliphatic heterocycles. The zero-order valence-corrected chi connectivity index (χ0v) is 12.5. The highest BCUT2D eigenvalue weighted by atomic mass is 16.1. The lowest BCUT2D eigenvalue weighted by Crippen LogP contribution is -2.25. The molecule has 0 saturated heterocycles. The van der Waals surface area contributed by atoms with E-state index in [4.69, 9.17) is 0 Å². The smallest absolute Gasteiger partial charge is 0.251 e. The van der Waals surface area contributed by atoms with Crippen molar-refractivity contribution >= 4 is 11.6 Å². The molecule has 4 heteroatoms. The fourth-order valence-corrected chi connectivity index (χ4v) is 2.47. The molecule has 0 aliphatic carbocycles. The second-order valence-corrected chi connectivity index (χ2v) is 5.67. The van der Waals surface area contributed by atoms with Crippen LogP contribution in [0.25, 0.3) is 0 Å². The Kier molecular flexibility index (Phi) is 5.41. The Bertz CT molecular complexity index is 457. The lowest BCUT2D eigenvalue weighted by Gasteiger charge is -2.18. The first-order chi connectivity index (χ1) is 9.66. The molecule has 1 aliphatic rings. The Morgan fingerprint density at radius 1 is 1.35 bits per heavy atom. The van der Waals surface area contributed by atoms with Crippen LogP contribution in [0.1, 0.15) is 35.2 Å². The van der Waals surface area contributed by atoms with Gasteiger partial charge < -0.3 is 15.5 Å². The summed E-state index contributed by atoms with van der Waals surface area (Å²) in [6.45, 7) is 2.85. The first kappa shape index (κ1) is 14.9. The van der Waals surface area contributed by atoms with Crippen LogP contribution in [-0.2, 0) is 6.42 Å². The van der Waals surface area contributed by atoms with Crippen LogP contribution in [0.15, 0.2) is 18.2 Å². The van der Waals surface area contributed by atoms with Crippen molar-refractivity contribution in [2.24, 2.45) is 0 Å². The van der Waals surface area contributed by atoms with Crippen molar-refractivity contribution in [2.75, 3.05) is 39.0 Å². The van der Waals surface area contributed by atoms with Crippen LogP contribution in [0, 0.1) is 0 Å². The Morgan fingerprint density at radius 3 is 3.00 bits per heavy atom. The van der Waals surface area contributed by atoms with Crippen LogP contribution >= 0.6 is 0 Å². The van der Waals surface area contributed by atoms with Gasteiger partial charge in [0, 0.05) is 24.3 Å². The fourth-order valence-electron chi connectivity index (χ4n) is 2.47. The van der Waals surface area contributed by atoms with Crippen molar-refractivity contribution in [3.8, 4) is 0 Å². The van der Waals surface area contributed by atoms with Gasteiger partial charge in [0.1, 0.15) is 0 Å². The minimum atomic E-state index is 0.0447. The second-order valence-electron chi connectivity index (χ2n) is 5.67. The standard InChI is InChI=1S/C16H25N3O/c1-19(2)11-4-3-9-18-16(20)14-7-8-15-13(12-14)6-5-10-17-15/h7-8,12,17H,3-6,9-11H2,1-2H3,(H,18,20). The van der Waals surface area contributed by atoms with Gasteiger partial charge in [-0.3, -0.25) is 4.79 Å². The number of nitrogens with one attached hydrogen (secondary N) is 2. The largest absolute Gasteiger partial charge is 0.385 e. The minimum absolute atomic E-state index is 0.0447. The minimum Gasteiger partial charge on any atom is -0.385 e. The molecule has 1 aromatic carbocycles. The van der Waals surface area contributed by atoms with Crippen LogP contribution in [0.4, 0.5) is 5.69 Å². The Balaban J connectivity index is 1.80. The van der Waals surface area contributed by atoms with E-state index in [1.54, 1.807) is 0 Å². The van der Waals surface area contributed by atoms with Gasteiger partial charge in [0.2, 0.25) is 0 Å². The molecule has 4 nitrogen and oxygen atoms in total. The maximum Gasteiger partial charge on any atom is 0.251 e. The van der Waals surface area contributed by atoms with Crippen LogP contribution in [0.3, 0.4) is 0 Å². The highest BCUT2D eigenvalue weighted by Crippen LogP contribution is 2.22. The van der Waals surface area contributed by atoms with E-state index in [0.717, 1.165) is 50.9 Å². The van der Waals surface area contributed by atoms with Gasteiger partial charge in [0.15, 0.2) is 0 Å². The van der Waals surface area contributed by atoms with Crippen LogP contribution < -0.4 is 10.6 Å². The first-order valence-corrected chi connectivity index (χ1v) is 7.46. The van der Waals surface area contributed by atoms with Crippen molar-refractivity contribution in [3.05, 3.63) is 29.3 Å². The van der Waals surface area contributed by atoms with Gasteiger partial charge in [0.25, 0.3) is 5.91 Å². The number of anilines is 1. The summed E-state index contributed by atoms with van der Waals surface area (Å²) in [5.41, 5.74) is 3.22. The maximum absolute atomic E-state index is 12.1. The van der Waals surface area contributed by atoms with Crippen molar-refractivity contribution in [2.45, 2.75) is 25.7 Å². The summed E-state index contributed by atoms with van der Waals surface area (Å²) >= 11 is 0. The van der Waals surface area contributed by atoms with Gasteiger partial charge in [-0.2, -0.15) is 0 Å². The van der Waals surface area contributed by atoms with E-state index in [2.05, 4.69) is 29.6 Å². The Morgan fingerprint density at radius 2 is 2.20 bits per heavy atom. The van der Waals surface area contributed by atoms with E-state index in [0.29, 0.717) is 0 Å². The quantitative estimate of drug-likeness (QED) is 0.782. The second kappa shape index (κ2) is 7.29. The summed E-state index contributed by atoms with van der Waals surface area (Å²) < 4.78 is 0. The number of carbonyl (C=O) groups is 1. The van der Waals surface area contributed by atoms with Gasteiger partial charge >= 0.3 is 0 Å². The summed E-state index contributed by atoms with van der Waals surface area (Å²) in [5, 5.41) is 6.36. The van der Waals surface area contributed by atoms with Crippen LogP contribution in [-0.4, -0.2) is 44.5 Å². The average molecular weight is 275 g/mol. The van der Waals surface area contributed by atoms with Gasteiger partial charge in [-0.15, -0.1) is 0 Å². The van der Waals surface area contributed by atoms with Crippen molar-refractivity contribution < 1.29 is 4.79 Å². The number of rotatable bonds is 6. The molecule has 1 heterocycles. The van der Waals surface area contributed by atoms with Crippen molar-refractivity contribution in [1.82, 2.24) is 10.2 Å². The van der Waals surface area contributed by atoms with Gasteiger partial charge in [-0.05, 0) is 70.1 Å². The number of fused-ring (bicyclic) bond motifs is 1. The number of aryl methyl sites for hydroxylation is 1. The van der Waals surface area contributed by atoms with E-state index < -0.39 is 0 Å². The molecule has 0 atom stereocenters. The number of benzene rings is 1. The average Bonchev–Trinajstić information content (AvgIpc) is 2.46. The molecule has 0 aromatic heterocycles. The third-order valence-corrected chi connectivity index (χ3v) is 3.62. The van der Waals surface area contributed by atoms with Crippen LogP contribution in [0.5, 0.6) is 0 Å². The van der Waals surface area contributed by atoms with Crippen molar-refractivity contribution in [1.29, 1.82) is 0 Å². The topological polar surface area (TPSA) is 44.4 Å². The third kappa shape index (κ3) is 4.23. The predicted octanol–water partition coefficient (Wildman–Crippen LogP) is 2.12. The zero-order chi connectivity index (χ0) is 14.4. The van der Waals surface area contributed by atoms with Crippen LogP contribution in [0.2, 0.25) is 0 Å². The Hall–Kier alpha value is -1.55. The number of unbranched alkanes of at least 4 members (excludes halogenated alkanes) is 1. The molecule has 0 bridgehead atoms. The van der Waals surface area contributed by atoms with Crippen molar-refractivity contribution in [3.63, 3.8) is 0 Å². The summed E-state index contributed by atoms with van der Waals surface area (Å²) in [4.78, 5) is 14.3. The van der Waals surface area contributed by atoms with E-state index in [-0.39, 0.29) is 5.91 Å². The van der Waals surface area contributed by atoms with Gasteiger partial charge in [0.05, 0.1) is 0 Å². The SMILES string of the molecule is CN(C)CCCCNC(=O)c1ccc2c(c1)CCCN2. The molecule has 110 valence electrons. The zero-order valence-electron chi connectivity index (χ0n) is 12.5. The van der Waals surface area contributed by atoms with Gasteiger partial charge in [-0.1, -0.05) is 0 Å². The summed E-state index contributed by atoms with van der Waals surface area (Å²) in [6, 6.07) is 5.96. The molecule has 0 unspecified atom stereocenters. The Labute approximate surface area is 121 Å². The van der Waals surface area contributed by atoms with E-state index in [9.17, 15) is 4.79 Å². The van der Waals surface area contributed by atoms with Gasteiger partial charge in [-0.25, -0.2) is 0 Å². The summed E-state index contributed by atoms with van der Waals surface area (Å²) in [7, 11) is 4.14. The molecule has 20 heavy (non-hydrogen) atoms. The number of amides is 1. The fraction of sp³-hybridized carbons (Fsp3) is 0.562. The number of nitrogens with zero attached hydrogens (tertiary/aromatic N) is 1. The predicted molar refractivity (Wildman–Crippen MR) is 83.4 cm³/mol. The molecule has 0 radical (unpaired) electrons. The molecule has 0 fully saturated rings. The summed E-state index contributed by atoms with van der Waals surface area (Å²) in [6.07, 6.45) is 4.34. The molecule has 0 saturated carbocycles. The number of hydrogen-bond donors (Lipinski definition) is 2. The maximum atomic E-state index is 12.1. The molecular weight excluding hydrogens is 250 g/mol. The number of carbonyl (C=O) groups excluding carboxylic acids is 1. The molecule has 0 spiro atoms. The molecular formula is C16H25N3O. The molecule has 1 amide bonds. The molecule has 2 N–H and O–H groups in total. The highest BCUT2D eigenvalue weighted by molar-refractivity contribution is 5.94. The van der Waals surface area contributed by atoms with E-state index in [1.807, 2.05) is 18.2 Å². The number of hydrogen-bond acceptors (Lipinski definition) is 3. The normalized spacial score (nSPS) is 13.8. The van der Waals surface area contributed by atoms with E-state index in [1.165, 1.54) is 11.3 Å².